The lowest BCUT2D eigenvalue weighted by Crippen LogP contribution is -2.25. The Hall–Kier alpha value is -2.89. The number of hydrogen-bond acceptors (Lipinski definition) is 4. The van der Waals surface area contributed by atoms with Gasteiger partial charge in [-0.15, -0.1) is 0 Å². The summed E-state index contributed by atoms with van der Waals surface area (Å²) in [6.45, 7) is 3.44. The first kappa shape index (κ1) is 17.9. The number of carbonyl (C=O) groups is 2. The molecule has 136 valence electrons. The number of rotatable bonds is 5. The molecule has 6 nitrogen and oxygen atoms in total. The van der Waals surface area contributed by atoms with E-state index in [1.165, 1.54) is 0 Å². The number of aryl methyl sites for hydroxylation is 1. The van der Waals surface area contributed by atoms with E-state index >= 15 is 0 Å². The third-order valence-electron chi connectivity index (χ3n) is 4.50. The van der Waals surface area contributed by atoms with Gasteiger partial charge in [-0.2, -0.15) is 5.10 Å². The number of aromatic nitrogens is 2. The van der Waals surface area contributed by atoms with E-state index in [-0.39, 0.29) is 24.4 Å². The average molecular weight is 353 g/mol. The number of nitrogens with one attached hydrogen (secondary N) is 1. The smallest absolute Gasteiger partial charge is 0.309 e. The highest BCUT2D eigenvalue weighted by atomic mass is 16.5. The monoisotopic (exact) mass is 353 g/mol. The van der Waals surface area contributed by atoms with Gasteiger partial charge in [-0.3, -0.25) is 9.59 Å². The van der Waals surface area contributed by atoms with Crippen molar-refractivity contribution >= 4 is 17.6 Å². The fourth-order valence-corrected chi connectivity index (χ4v) is 3.08. The third kappa shape index (κ3) is 4.02. The average Bonchev–Trinajstić information content (AvgIpc) is 2.95. The predicted molar refractivity (Wildman–Crippen MR) is 99.1 cm³/mol. The van der Waals surface area contributed by atoms with Crippen LogP contribution in [0.5, 0.6) is 0 Å². The highest BCUT2D eigenvalue weighted by Crippen LogP contribution is 2.23. The van der Waals surface area contributed by atoms with Crippen molar-refractivity contribution < 1.29 is 14.3 Å². The molecule has 3 rings (SSSR count). The summed E-state index contributed by atoms with van der Waals surface area (Å²) >= 11 is 0. The Bertz CT molecular complexity index is 824. The number of para-hydroxylation sites is 1. The lowest BCUT2D eigenvalue weighted by Gasteiger charge is -2.16. The largest absolute Gasteiger partial charge is 0.455 e. The molecule has 0 saturated heterocycles. The number of benzene rings is 1. The third-order valence-corrected chi connectivity index (χ3v) is 4.50. The van der Waals surface area contributed by atoms with Gasteiger partial charge in [0, 0.05) is 0 Å². The zero-order valence-corrected chi connectivity index (χ0v) is 15.1. The molecule has 0 aliphatic heterocycles. The van der Waals surface area contributed by atoms with Gasteiger partial charge >= 0.3 is 5.97 Å². The molecule has 6 heteroatoms. The zero-order valence-electron chi connectivity index (χ0n) is 15.1. The molecular weight excluding hydrogens is 330 g/mol. The van der Waals surface area contributed by atoms with Crippen LogP contribution in [0.15, 0.2) is 42.5 Å². The van der Waals surface area contributed by atoms with E-state index < -0.39 is 0 Å². The standard InChI is InChI=1S/C20H23N3O3/c1-14-19(15(2)23(22-14)17-11-7-4-8-12-17)21-18(24)13-26-20(25)16-9-5-3-6-10-16/h3-5,7-8,11-12,16H,6,9-10,13H2,1-2H3,(H,21,24)/t16-/m0/s1. The molecule has 1 atom stereocenters. The van der Waals surface area contributed by atoms with Crippen LogP contribution < -0.4 is 5.32 Å². The SMILES string of the molecule is Cc1nn(-c2ccccc2)c(C)c1NC(=O)COC(=O)[C@H]1CC=CCC1. The van der Waals surface area contributed by atoms with Gasteiger partial charge in [0.25, 0.3) is 5.91 Å². The first-order valence-electron chi connectivity index (χ1n) is 8.79. The molecule has 0 bridgehead atoms. The van der Waals surface area contributed by atoms with Gasteiger partial charge < -0.3 is 10.1 Å². The Kier molecular flexibility index (Phi) is 5.51. The van der Waals surface area contributed by atoms with Crippen LogP contribution in [0.4, 0.5) is 5.69 Å². The van der Waals surface area contributed by atoms with Gasteiger partial charge in [-0.25, -0.2) is 4.68 Å². The number of anilines is 1. The minimum absolute atomic E-state index is 0.142. The van der Waals surface area contributed by atoms with Crippen molar-refractivity contribution in [3.05, 3.63) is 53.9 Å². The molecule has 1 heterocycles. The van der Waals surface area contributed by atoms with Gasteiger partial charge in [0.15, 0.2) is 6.61 Å². The van der Waals surface area contributed by atoms with Gasteiger partial charge in [-0.05, 0) is 45.2 Å². The Labute approximate surface area is 152 Å². The summed E-state index contributed by atoms with van der Waals surface area (Å²) in [4.78, 5) is 24.2. The summed E-state index contributed by atoms with van der Waals surface area (Å²) in [5.74, 6) is -0.807. The highest BCUT2D eigenvalue weighted by Gasteiger charge is 2.22. The fourth-order valence-electron chi connectivity index (χ4n) is 3.08. The summed E-state index contributed by atoms with van der Waals surface area (Å²) in [5.41, 5.74) is 3.11. The molecule has 1 N–H and O–H groups in total. The maximum Gasteiger partial charge on any atom is 0.309 e. The summed E-state index contributed by atoms with van der Waals surface area (Å²) in [6, 6.07) is 9.71. The second-order valence-electron chi connectivity index (χ2n) is 6.43. The molecule has 1 aromatic carbocycles. The van der Waals surface area contributed by atoms with Gasteiger partial charge in [-0.1, -0.05) is 30.4 Å². The zero-order chi connectivity index (χ0) is 18.5. The Balaban J connectivity index is 1.62. The molecule has 0 spiro atoms. The minimum Gasteiger partial charge on any atom is -0.455 e. The second-order valence-corrected chi connectivity index (χ2v) is 6.43. The maximum atomic E-state index is 12.2. The number of hydrogen-bond donors (Lipinski definition) is 1. The molecule has 0 radical (unpaired) electrons. The minimum atomic E-state index is -0.358. The summed E-state index contributed by atoms with van der Waals surface area (Å²) in [5, 5.41) is 7.30. The molecule has 1 aromatic heterocycles. The van der Waals surface area contributed by atoms with Crippen molar-refractivity contribution in [1.29, 1.82) is 0 Å². The van der Waals surface area contributed by atoms with Crippen molar-refractivity contribution in [3.63, 3.8) is 0 Å². The van der Waals surface area contributed by atoms with Crippen LogP contribution in [0.25, 0.3) is 5.69 Å². The number of amides is 1. The molecule has 1 aliphatic carbocycles. The van der Waals surface area contributed by atoms with Gasteiger partial charge in [0.05, 0.1) is 28.7 Å². The van der Waals surface area contributed by atoms with E-state index in [9.17, 15) is 9.59 Å². The van der Waals surface area contributed by atoms with Crippen LogP contribution >= 0.6 is 0 Å². The first-order chi connectivity index (χ1) is 12.6. The fraction of sp³-hybridized carbons (Fsp3) is 0.350. The second kappa shape index (κ2) is 7.99. The molecule has 2 aromatic rings. The summed E-state index contributed by atoms with van der Waals surface area (Å²) in [7, 11) is 0. The Morgan fingerprint density at radius 2 is 2.00 bits per heavy atom. The van der Waals surface area contributed by atoms with Gasteiger partial charge in [0.2, 0.25) is 0 Å². The number of carbonyl (C=O) groups excluding carboxylic acids is 2. The normalized spacial score (nSPS) is 16.3. The Morgan fingerprint density at radius 1 is 1.23 bits per heavy atom. The van der Waals surface area contributed by atoms with E-state index in [0.29, 0.717) is 17.8 Å². The molecule has 0 saturated carbocycles. The molecular formula is C20H23N3O3. The van der Waals surface area contributed by atoms with Crippen molar-refractivity contribution in [2.24, 2.45) is 5.92 Å². The van der Waals surface area contributed by atoms with E-state index in [1.807, 2.05) is 50.3 Å². The highest BCUT2D eigenvalue weighted by molar-refractivity contribution is 5.94. The molecule has 1 aliphatic rings. The molecule has 1 amide bonds. The van der Waals surface area contributed by atoms with Crippen molar-refractivity contribution in [2.45, 2.75) is 33.1 Å². The van der Waals surface area contributed by atoms with Crippen molar-refractivity contribution in [1.82, 2.24) is 9.78 Å². The maximum absolute atomic E-state index is 12.2. The van der Waals surface area contributed by atoms with E-state index in [1.54, 1.807) is 4.68 Å². The summed E-state index contributed by atoms with van der Waals surface area (Å²) in [6.07, 6.45) is 6.39. The van der Waals surface area contributed by atoms with Crippen LogP contribution in [0, 0.1) is 19.8 Å². The summed E-state index contributed by atoms with van der Waals surface area (Å²) < 4.78 is 6.96. The van der Waals surface area contributed by atoms with Crippen molar-refractivity contribution in [2.75, 3.05) is 11.9 Å². The lowest BCUT2D eigenvalue weighted by atomic mass is 9.95. The van der Waals surface area contributed by atoms with E-state index in [0.717, 1.165) is 24.2 Å². The van der Waals surface area contributed by atoms with Crippen molar-refractivity contribution in [3.8, 4) is 5.69 Å². The van der Waals surface area contributed by atoms with Crippen LogP contribution in [-0.2, 0) is 14.3 Å². The van der Waals surface area contributed by atoms with Crippen LogP contribution in [-0.4, -0.2) is 28.3 Å². The topological polar surface area (TPSA) is 73.2 Å². The van der Waals surface area contributed by atoms with E-state index in [2.05, 4.69) is 16.5 Å². The van der Waals surface area contributed by atoms with Crippen LogP contribution in [0.2, 0.25) is 0 Å². The number of ether oxygens (including phenoxy) is 1. The van der Waals surface area contributed by atoms with Crippen LogP contribution in [0.1, 0.15) is 30.7 Å². The molecule has 0 fully saturated rings. The lowest BCUT2D eigenvalue weighted by molar-refractivity contribution is -0.151. The Morgan fingerprint density at radius 3 is 2.69 bits per heavy atom. The number of nitrogens with zero attached hydrogens (tertiary/aromatic N) is 2. The number of allylic oxidation sites excluding steroid dienone is 2. The number of esters is 1. The predicted octanol–water partition coefficient (Wildman–Crippen LogP) is 3.33. The van der Waals surface area contributed by atoms with E-state index in [4.69, 9.17) is 4.74 Å². The first-order valence-corrected chi connectivity index (χ1v) is 8.79. The molecule has 26 heavy (non-hydrogen) atoms. The van der Waals surface area contributed by atoms with Gasteiger partial charge in [0.1, 0.15) is 0 Å². The van der Waals surface area contributed by atoms with Crippen LogP contribution in [0.3, 0.4) is 0 Å². The molecule has 0 unspecified atom stereocenters. The quantitative estimate of drug-likeness (QED) is 0.661.